The van der Waals surface area contributed by atoms with Crippen LogP contribution in [0, 0.1) is 0 Å². The zero-order valence-electron chi connectivity index (χ0n) is 16.0. The van der Waals surface area contributed by atoms with Crippen LogP contribution >= 0.6 is 0 Å². The van der Waals surface area contributed by atoms with Crippen molar-refractivity contribution in [1.82, 2.24) is 4.90 Å². The largest absolute Gasteiger partial charge is 0.508 e. The average molecular weight is 371 g/mol. The number of benzene rings is 2. The molecule has 2 aromatic carbocycles. The molecule has 0 aromatic heterocycles. The van der Waals surface area contributed by atoms with Crippen LogP contribution in [0.25, 0.3) is 0 Å². The number of hydrogen-bond acceptors (Lipinski definition) is 5. The number of carbonyl (C=O) groups is 2. The molecule has 2 rings (SSSR count). The fourth-order valence-corrected chi connectivity index (χ4v) is 2.86. The van der Waals surface area contributed by atoms with Crippen LogP contribution in [0.3, 0.4) is 0 Å². The van der Waals surface area contributed by atoms with Crippen LogP contribution in [0.1, 0.15) is 58.5 Å². The number of ether oxygens (including phenoxy) is 1. The highest BCUT2D eigenvalue weighted by molar-refractivity contribution is 5.97. The van der Waals surface area contributed by atoms with Crippen molar-refractivity contribution in [2.45, 2.75) is 33.2 Å². The van der Waals surface area contributed by atoms with Crippen LogP contribution in [0.2, 0.25) is 0 Å². The Bertz CT molecular complexity index is 844. The molecule has 0 spiro atoms. The molecular formula is C21H25NO5. The minimum atomic E-state index is -0.441. The van der Waals surface area contributed by atoms with Gasteiger partial charge in [-0.3, -0.25) is 4.79 Å². The molecule has 27 heavy (non-hydrogen) atoms. The normalized spacial score (nSPS) is 10.7. The van der Waals surface area contributed by atoms with Crippen molar-refractivity contribution < 1.29 is 24.5 Å². The van der Waals surface area contributed by atoms with Gasteiger partial charge in [-0.15, -0.1) is 0 Å². The van der Waals surface area contributed by atoms with Gasteiger partial charge in [-0.1, -0.05) is 26.0 Å². The second kappa shape index (κ2) is 8.58. The van der Waals surface area contributed by atoms with Gasteiger partial charge in [0, 0.05) is 19.2 Å². The molecule has 0 aliphatic rings. The molecule has 6 heteroatoms. The maximum Gasteiger partial charge on any atom is 0.337 e. The monoisotopic (exact) mass is 371 g/mol. The lowest BCUT2D eigenvalue weighted by atomic mass is 9.98. The van der Waals surface area contributed by atoms with Gasteiger partial charge in [0.1, 0.15) is 11.5 Å². The maximum atomic E-state index is 13.0. The summed E-state index contributed by atoms with van der Waals surface area (Å²) in [6.45, 7) is 6.32. The molecule has 0 aliphatic heterocycles. The van der Waals surface area contributed by atoms with Gasteiger partial charge in [-0.25, -0.2) is 4.79 Å². The zero-order chi connectivity index (χ0) is 20.1. The second-order valence-electron chi connectivity index (χ2n) is 6.59. The predicted molar refractivity (Wildman–Crippen MR) is 102 cm³/mol. The SMILES string of the molecule is CCN(Cc1cccc(C(=O)OC)c1)C(=O)c1cc(C(C)C)c(O)cc1O. The summed E-state index contributed by atoms with van der Waals surface area (Å²) < 4.78 is 4.73. The van der Waals surface area contributed by atoms with Crippen LogP contribution in [0.4, 0.5) is 0 Å². The summed E-state index contributed by atoms with van der Waals surface area (Å²) in [4.78, 5) is 26.2. The lowest BCUT2D eigenvalue weighted by Gasteiger charge is -2.22. The Kier molecular flexibility index (Phi) is 6.45. The number of rotatable bonds is 6. The van der Waals surface area contributed by atoms with Gasteiger partial charge >= 0.3 is 5.97 Å². The number of methoxy groups -OCH3 is 1. The number of phenolic OH excluding ortho intramolecular Hbond substituents is 2. The molecular weight excluding hydrogens is 346 g/mol. The van der Waals surface area contributed by atoms with Gasteiger partial charge in [0.2, 0.25) is 0 Å². The van der Waals surface area contributed by atoms with Crippen LogP contribution in [-0.2, 0) is 11.3 Å². The minimum Gasteiger partial charge on any atom is -0.508 e. The van der Waals surface area contributed by atoms with Gasteiger partial charge in [0.15, 0.2) is 0 Å². The Morgan fingerprint density at radius 2 is 1.81 bits per heavy atom. The molecule has 0 heterocycles. The van der Waals surface area contributed by atoms with E-state index >= 15 is 0 Å². The highest BCUT2D eigenvalue weighted by atomic mass is 16.5. The van der Waals surface area contributed by atoms with E-state index in [9.17, 15) is 19.8 Å². The Morgan fingerprint density at radius 1 is 1.11 bits per heavy atom. The number of carbonyl (C=O) groups excluding carboxylic acids is 2. The van der Waals surface area contributed by atoms with Crippen molar-refractivity contribution in [3.8, 4) is 11.5 Å². The molecule has 0 aliphatic carbocycles. The van der Waals surface area contributed by atoms with Crippen molar-refractivity contribution in [1.29, 1.82) is 0 Å². The number of amides is 1. The van der Waals surface area contributed by atoms with E-state index in [4.69, 9.17) is 4.74 Å². The molecule has 0 saturated carbocycles. The predicted octanol–water partition coefficient (Wildman–Crippen LogP) is 3.67. The number of aromatic hydroxyl groups is 2. The molecule has 0 atom stereocenters. The maximum absolute atomic E-state index is 13.0. The molecule has 144 valence electrons. The molecule has 0 saturated heterocycles. The Morgan fingerprint density at radius 3 is 2.41 bits per heavy atom. The summed E-state index contributed by atoms with van der Waals surface area (Å²) in [5.41, 5.74) is 1.92. The molecule has 2 N–H and O–H groups in total. The first kappa shape index (κ1) is 20.3. The summed E-state index contributed by atoms with van der Waals surface area (Å²) >= 11 is 0. The molecule has 0 unspecified atom stereocenters. The first-order valence-electron chi connectivity index (χ1n) is 8.80. The van der Waals surface area contributed by atoms with Crippen LogP contribution in [-0.4, -0.2) is 40.6 Å². The van der Waals surface area contributed by atoms with Gasteiger partial charge in [-0.05, 0) is 42.2 Å². The standard InChI is InChI=1S/C21H25NO5/c1-5-22(12-14-7-6-8-15(9-14)21(26)27-4)20(25)17-10-16(13(2)3)18(23)11-19(17)24/h6-11,13,23-24H,5,12H2,1-4H3. The summed E-state index contributed by atoms with van der Waals surface area (Å²) in [5.74, 6) is -1.08. The van der Waals surface area contributed by atoms with Crippen molar-refractivity contribution in [3.05, 3.63) is 58.7 Å². The molecule has 0 bridgehead atoms. The topological polar surface area (TPSA) is 87.1 Å². The third-order valence-corrected chi connectivity index (χ3v) is 4.39. The van der Waals surface area contributed by atoms with E-state index in [0.717, 1.165) is 5.56 Å². The van der Waals surface area contributed by atoms with Crippen LogP contribution in [0.5, 0.6) is 11.5 Å². The molecule has 1 amide bonds. The fourth-order valence-electron chi connectivity index (χ4n) is 2.86. The third-order valence-electron chi connectivity index (χ3n) is 4.39. The Labute approximate surface area is 159 Å². The summed E-state index contributed by atoms with van der Waals surface area (Å²) in [6.07, 6.45) is 0. The van der Waals surface area contributed by atoms with Crippen molar-refractivity contribution in [2.24, 2.45) is 0 Å². The van der Waals surface area contributed by atoms with Crippen molar-refractivity contribution >= 4 is 11.9 Å². The van der Waals surface area contributed by atoms with E-state index in [0.29, 0.717) is 17.7 Å². The molecule has 0 fully saturated rings. The van der Waals surface area contributed by atoms with E-state index in [1.165, 1.54) is 19.2 Å². The number of esters is 1. The third kappa shape index (κ3) is 4.58. The van der Waals surface area contributed by atoms with Gasteiger partial charge in [0.25, 0.3) is 5.91 Å². The summed E-state index contributed by atoms with van der Waals surface area (Å²) in [5, 5.41) is 20.1. The van der Waals surface area contributed by atoms with E-state index < -0.39 is 5.97 Å². The van der Waals surface area contributed by atoms with E-state index in [2.05, 4.69) is 0 Å². The van der Waals surface area contributed by atoms with Gasteiger partial charge in [0.05, 0.1) is 18.2 Å². The Hall–Kier alpha value is -3.02. The van der Waals surface area contributed by atoms with Gasteiger partial charge in [-0.2, -0.15) is 0 Å². The molecule has 6 nitrogen and oxygen atoms in total. The Balaban J connectivity index is 2.32. The lowest BCUT2D eigenvalue weighted by Crippen LogP contribution is -2.30. The summed E-state index contributed by atoms with van der Waals surface area (Å²) in [7, 11) is 1.32. The van der Waals surface area contributed by atoms with Crippen LogP contribution < -0.4 is 0 Å². The minimum absolute atomic E-state index is 0.00367. The fraction of sp³-hybridized carbons (Fsp3) is 0.333. The van der Waals surface area contributed by atoms with E-state index in [1.807, 2.05) is 26.8 Å². The summed E-state index contributed by atoms with van der Waals surface area (Å²) in [6, 6.07) is 9.61. The second-order valence-corrected chi connectivity index (χ2v) is 6.59. The average Bonchev–Trinajstić information content (AvgIpc) is 2.64. The first-order valence-corrected chi connectivity index (χ1v) is 8.80. The van der Waals surface area contributed by atoms with Crippen molar-refractivity contribution in [3.63, 3.8) is 0 Å². The molecule has 0 radical (unpaired) electrons. The van der Waals surface area contributed by atoms with E-state index in [1.54, 1.807) is 23.1 Å². The quantitative estimate of drug-likeness (QED) is 0.757. The lowest BCUT2D eigenvalue weighted by molar-refractivity contribution is 0.0600. The highest BCUT2D eigenvalue weighted by Crippen LogP contribution is 2.33. The first-order chi connectivity index (χ1) is 12.8. The highest BCUT2D eigenvalue weighted by Gasteiger charge is 2.21. The smallest absolute Gasteiger partial charge is 0.337 e. The van der Waals surface area contributed by atoms with E-state index in [-0.39, 0.29) is 35.4 Å². The number of hydrogen-bond donors (Lipinski definition) is 2. The number of nitrogens with zero attached hydrogens (tertiary/aromatic N) is 1. The number of phenols is 2. The molecule has 2 aromatic rings. The van der Waals surface area contributed by atoms with Crippen molar-refractivity contribution in [2.75, 3.05) is 13.7 Å². The van der Waals surface area contributed by atoms with Crippen LogP contribution in [0.15, 0.2) is 36.4 Å². The van der Waals surface area contributed by atoms with Gasteiger partial charge < -0.3 is 19.8 Å². The zero-order valence-corrected chi connectivity index (χ0v) is 16.0.